The van der Waals surface area contributed by atoms with Gasteiger partial charge in [0.25, 0.3) is 5.91 Å². The summed E-state index contributed by atoms with van der Waals surface area (Å²) in [4.78, 5) is 24.2. The van der Waals surface area contributed by atoms with E-state index in [4.69, 9.17) is 10.00 Å². The number of hydrogen-bond donors (Lipinski definition) is 1. The highest BCUT2D eigenvalue weighted by atomic mass is 32.1. The number of thiophene rings is 1. The first kappa shape index (κ1) is 14.8. The van der Waals surface area contributed by atoms with Crippen LogP contribution in [0.3, 0.4) is 0 Å². The zero-order chi connectivity index (χ0) is 15.2. The van der Waals surface area contributed by atoms with Crippen LogP contribution in [-0.2, 0) is 9.53 Å². The summed E-state index contributed by atoms with van der Waals surface area (Å²) in [6.45, 7) is 1.48. The third-order valence-electron chi connectivity index (χ3n) is 2.68. The average Bonchev–Trinajstić information content (AvgIpc) is 3.02. The molecule has 1 amide bonds. The van der Waals surface area contributed by atoms with Crippen molar-refractivity contribution < 1.29 is 14.3 Å². The zero-order valence-electron chi connectivity index (χ0n) is 11.2. The summed E-state index contributed by atoms with van der Waals surface area (Å²) in [5.74, 6) is -1.02. The van der Waals surface area contributed by atoms with Gasteiger partial charge in [-0.25, -0.2) is 4.79 Å². The van der Waals surface area contributed by atoms with Crippen molar-refractivity contribution in [1.29, 1.82) is 5.26 Å². The SMILES string of the molecule is CC(OC(=O)c1cccs1)C(=O)Nc1ccccc1C#N. The van der Waals surface area contributed by atoms with Crippen LogP contribution in [0.1, 0.15) is 22.2 Å². The van der Waals surface area contributed by atoms with Crippen LogP contribution < -0.4 is 5.32 Å². The smallest absolute Gasteiger partial charge is 0.349 e. The van der Waals surface area contributed by atoms with E-state index >= 15 is 0 Å². The first-order chi connectivity index (χ1) is 10.1. The van der Waals surface area contributed by atoms with Gasteiger partial charge in [-0.15, -0.1) is 11.3 Å². The van der Waals surface area contributed by atoms with E-state index in [-0.39, 0.29) is 0 Å². The molecular formula is C15H12N2O3S. The highest BCUT2D eigenvalue weighted by molar-refractivity contribution is 7.11. The minimum Gasteiger partial charge on any atom is -0.448 e. The maximum atomic E-state index is 12.0. The molecule has 1 aromatic heterocycles. The number of ether oxygens (including phenoxy) is 1. The normalized spacial score (nSPS) is 11.2. The highest BCUT2D eigenvalue weighted by Gasteiger charge is 2.20. The molecule has 5 nitrogen and oxygen atoms in total. The minimum absolute atomic E-state index is 0.350. The average molecular weight is 300 g/mol. The summed E-state index contributed by atoms with van der Waals surface area (Å²) in [6.07, 6.45) is -0.952. The minimum atomic E-state index is -0.952. The number of nitrogens with one attached hydrogen (secondary N) is 1. The van der Waals surface area contributed by atoms with Crippen LogP contribution in [0.5, 0.6) is 0 Å². The Kier molecular flexibility index (Phi) is 4.69. The Morgan fingerprint density at radius 2 is 2.05 bits per heavy atom. The molecule has 0 bridgehead atoms. The second-order valence-corrected chi connectivity index (χ2v) is 5.12. The third-order valence-corrected chi connectivity index (χ3v) is 3.53. The van der Waals surface area contributed by atoms with Gasteiger partial charge in [0.15, 0.2) is 6.10 Å². The number of para-hydroxylation sites is 1. The lowest BCUT2D eigenvalue weighted by molar-refractivity contribution is -0.123. The Morgan fingerprint density at radius 3 is 2.71 bits per heavy atom. The quantitative estimate of drug-likeness (QED) is 0.881. The Labute approximate surface area is 125 Å². The number of amides is 1. The molecule has 0 aliphatic rings. The summed E-state index contributed by atoms with van der Waals surface area (Å²) in [6, 6.07) is 12.0. The molecule has 1 N–H and O–H groups in total. The Morgan fingerprint density at radius 1 is 1.29 bits per heavy atom. The van der Waals surface area contributed by atoms with Crippen molar-refractivity contribution in [2.24, 2.45) is 0 Å². The lowest BCUT2D eigenvalue weighted by Crippen LogP contribution is -2.30. The second kappa shape index (κ2) is 6.68. The van der Waals surface area contributed by atoms with Crippen molar-refractivity contribution in [1.82, 2.24) is 0 Å². The molecule has 0 saturated carbocycles. The second-order valence-electron chi connectivity index (χ2n) is 4.17. The van der Waals surface area contributed by atoms with Crippen molar-refractivity contribution in [3.05, 3.63) is 52.2 Å². The number of benzene rings is 1. The lowest BCUT2D eigenvalue weighted by atomic mass is 10.2. The van der Waals surface area contributed by atoms with Crippen LogP contribution in [0.15, 0.2) is 41.8 Å². The summed E-state index contributed by atoms with van der Waals surface area (Å²) in [5, 5.41) is 13.3. The molecule has 2 aromatic rings. The van der Waals surface area contributed by atoms with Crippen LogP contribution in [0, 0.1) is 11.3 Å². The summed E-state index contributed by atoms with van der Waals surface area (Å²) >= 11 is 1.25. The van der Waals surface area contributed by atoms with Crippen molar-refractivity contribution in [3.8, 4) is 6.07 Å². The van der Waals surface area contributed by atoms with Gasteiger partial charge in [-0.1, -0.05) is 18.2 Å². The summed E-state index contributed by atoms with van der Waals surface area (Å²) < 4.78 is 5.08. The van der Waals surface area contributed by atoms with Crippen LogP contribution in [0.2, 0.25) is 0 Å². The van der Waals surface area contributed by atoms with Gasteiger partial charge in [0.2, 0.25) is 0 Å². The number of hydrogen-bond acceptors (Lipinski definition) is 5. The number of nitriles is 1. The molecule has 106 valence electrons. The lowest BCUT2D eigenvalue weighted by Gasteiger charge is -2.13. The molecule has 2 rings (SSSR count). The van der Waals surface area contributed by atoms with Gasteiger partial charge in [-0.05, 0) is 30.5 Å². The largest absolute Gasteiger partial charge is 0.448 e. The monoisotopic (exact) mass is 300 g/mol. The number of nitrogens with zero attached hydrogens (tertiary/aromatic N) is 1. The molecule has 21 heavy (non-hydrogen) atoms. The first-order valence-electron chi connectivity index (χ1n) is 6.16. The molecule has 1 heterocycles. The third kappa shape index (κ3) is 3.68. The molecule has 1 aromatic carbocycles. The Balaban J connectivity index is 2.00. The van der Waals surface area contributed by atoms with Crippen molar-refractivity contribution in [2.75, 3.05) is 5.32 Å². The number of esters is 1. The molecule has 0 aliphatic heterocycles. The molecule has 1 atom stereocenters. The van der Waals surface area contributed by atoms with E-state index in [1.54, 1.807) is 41.8 Å². The fourth-order valence-electron chi connectivity index (χ4n) is 1.59. The van der Waals surface area contributed by atoms with E-state index in [2.05, 4.69) is 5.32 Å². The first-order valence-corrected chi connectivity index (χ1v) is 7.04. The molecule has 0 radical (unpaired) electrons. The van der Waals surface area contributed by atoms with Gasteiger partial charge in [-0.2, -0.15) is 5.26 Å². The van der Waals surface area contributed by atoms with E-state index in [0.29, 0.717) is 16.1 Å². The maximum Gasteiger partial charge on any atom is 0.349 e. The number of anilines is 1. The van der Waals surface area contributed by atoms with Gasteiger partial charge in [0, 0.05) is 0 Å². The summed E-state index contributed by atoms with van der Waals surface area (Å²) in [7, 11) is 0. The van der Waals surface area contributed by atoms with E-state index in [9.17, 15) is 9.59 Å². The van der Waals surface area contributed by atoms with Crippen LogP contribution in [0.4, 0.5) is 5.69 Å². The van der Waals surface area contributed by atoms with Gasteiger partial charge in [0.1, 0.15) is 10.9 Å². The Hall–Kier alpha value is -2.65. The molecule has 0 spiro atoms. The Bertz CT molecular complexity index is 689. The predicted molar refractivity (Wildman–Crippen MR) is 79.0 cm³/mol. The van der Waals surface area contributed by atoms with Gasteiger partial charge >= 0.3 is 5.97 Å². The van der Waals surface area contributed by atoms with Crippen LogP contribution >= 0.6 is 11.3 Å². The topological polar surface area (TPSA) is 79.2 Å². The maximum absolute atomic E-state index is 12.0. The van der Waals surface area contributed by atoms with Crippen molar-refractivity contribution in [2.45, 2.75) is 13.0 Å². The standard InChI is InChI=1S/C15H12N2O3S/c1-10(20-15(19)13-7-4-8-21-13)14(18)17-12-6-3-2-5-11(12)9-16/h2-8,10H,1H3,(H,17,18). The van der Waals surface area contributed by atoms with E-state index in [1.807, 2.05) is 6.07 Å². The van der Waals surface area contributed by atoms with Crippen molar-refractivity contribution in [3.63, 3.8) is 0 Å². The van der Waals surface area contributed by atoms with Gasteiger partial charge < -0.3 is 10.1 Å². The fourth-order valence-corrected chi connectivity index (χ4v) is 2.20. The number of carbonyl (C=O) groups excluding carboxylic acids is 2. The van der Waals surface area contributed by atoms with Gasteiger partial charge in [0.05, 0.1) is 11.3 Å². The summed E-state index contributed by atoms with van der Waals surface area (Å²) in [5.41, 5.74) is 0.742. The van der Waals surface area contributed by atoms with Crippen LogP contribution in [0.25, 0.3) is 0 Å². The van der Waals surface area contributed by atoms with Crippen LogP contribution in [-0.4, -0.2) is 18.0 Å². The van der Waals surface area contributed by atoms with E-state index < -0.39 is 18.0 Å². The zero-order valence-corrected chi connectivity index (χ0v) is 12.0. The number of rotatable bonds is 4. The molecule has 0 fully saturated rings. The van der Waals surface area contributed by atoms with Crippen molar-refractivity contribution >= 4 is 28.9 Å². The molecule has 6 heteroatoms. The fraction of sp³-hybridized carbons (Fsp3) is 0.133. The van der Waals surface area contributed by atoms with E-state index in [1.165, 1.54) is 18.3 Å². The van der Waals surface area contributed by atoms with E-state index in [0.717, 1.165) is 0 Å². The molecule has 1 unspecified atom stereocenters. The van der Waals surface area contributed by atoms with Gasteiger partial charge in [-0.3, -0.25) is 4.79 Å². The highest BCUT2D eigenvalue weighted by Crippen LogP contribution is 2.15. The molecule has 0 saturated heterocycles. The number of carbonyl (C=O) groups is 2. The molecule has 0 aliphatic carbocycles. The predicted octanol–water partition coefficient (Wildman–Crippen LogP) is 2.80. The molecular weight excluding hydrogens is 288 g/mol.